The molecular formula is C18H22N4O3S. The van der Waals surface area contributed by atoms with Crippen molar-refractivity contribution in [2.24, 2.45) is 0 Å². The van der Waals surface area contributed by atoms with Gasteiger partial charge in [0.05, 0.1) is 11.5 Å². The van der Waals surface area contributed by atoms with Crippen LogP contribution in [-0.2, 0) is 9.84 Å². The van der Waals surface area contributed by atoms with Crippen LogP contribution in [-0.4, -0.2) is 48.9 Å². The molecule has 1 aliphatic heterocycles. The first-order chi connectivity index (χ1) is 12.2. The Hall–Kier alpha value is -2.48. The molecule has 1 fully saturated rings. The van der Waals surface area contributed by atoms with Crippen LogP contribution in [0, 0.1) is 13.8 Å². The molecule has 1 saturated heterocycles. The molecular weight excluding hydrogens is 352 g/mol. The number of nitrogens with one attached hydrogen (secondary N) is 1. The predicted molar refractivity (Wildman–Crippen MR) is 101 cm³/mol. The van der Waals surface area contributed by atoms with Crippen molar-refractivity contribution in [1.82, 2.24) is 9.97 Å². The molecule has 7 nitrogen and oxygen atoms in total. The molecule has 1 atom stereocenters. The molecule has 0 aliphatic carbocycles. The van der Waals surface area contributed by atoms with E-state index in [0.29, 0.717) is 12.2 Å². The topological polar surface area (TPSA) is 92.3 Å². The number of hydrogen-bond acceptors (Lipinski definition) is 6. The van der Waals surface area contributed by atoms with Crippen molar-refractivity contribution in [1.29, 1.82) is 0 Å². The highest BCUT2D eigenvalue weighted by atomic mass is 32.2. The van der Waals surface area contributed by atoms with Crippen LogP contribution in [0.25, 0.3) is 0 Å². The Kier molecular flexibility index (Phi) is 4.95. The Bertz CT molecular complexity index is 943. The average molecular weight is 374 g/mol. The lowest BCUT2D eigenvalue weighted by molar-refractivity contribution is 0.102. The number of sulfone groups is 1. The van der Waals surface area contributed by atoms with Crippen LogP contribution in [0.15, 0.2) is 30.6 Å². The number of carbonyl (C=O) groups excluding carboxylic acids is 1. The predicted octanol–water partition coefficient (Wildman–Crippen LogP) is 1.97. The highest BCUT2D eigenvalue weighted by Gasteiger charge is 2.31. The van der Waals surface area contributed by atoms with Crippen LogP contribution in [0.4, 0.5) is 11.5 Å². The van der Waals surface area contributed by atoms with E-state index in [2.05, 4.69) is 15.3 Å². The Morgan fingerprint density at radius 2 is 2.00 bits per heavy atom. The number of aryl methyl sites for hydroxylation is 2. The van der Waals surface area contributed by atoms with Gasteiger partial charge in [0.1, 0.15) is 17.8 Å². The fourth-order valence-corrected chi connectivity index (χ4v) is 4.85. The molecule has 0 radical (unpaired) electrons. The molecule has 1 N–H and O–H groups in total. The SMILES string of the molecule is Cc1ccc(NC(=O)c2cc(N(C)C3CCS(=O)(=O)C3)ncn2)c(C)c1. The first-order valence-corrected chi connectivity index (χ1v) is 10.2. The van der Waals surface area contributed by atoms with Gasteiger partial charge in [-0.05, 0) is 31.9 Å². The average Bonchev–Trinajstić information content (AvgIpc) is 2.96. The van der Waals surface area contributed by atoms with E-state index in [4.69, 9.17) is 0 Å². The second-order valence-electron chi connectivity index (χ2n) is 6.70. The van der Waals surface area contributed by atoms with Gasteiger partial charge >= 0.3 is 0 Å². The van der Waals surface area contributed by atoms with E-state index in [0.717, 1.165) is 16.8 Å². The molecule has 138 valence electrons. The van der Waals surface area contributed by atoms with Crippen LogP contribution in [0.5, 0.6) is 0 Å². The lowest BCUT2D eigenvalue weighted by Crippen LogP contribution is -2.33. The van der Waals surface area contributed by atoms with Crippen LogP contribution in [0.1, 0.15) is 28.0 Å². The Morgan fingerprint density at radius 3 is 2.65 bits per heavy atom. The molecule has 1 amide bonds. The van der Waals surface area contributed by atoms with Crippen molar-refractivity contribution < 1.29 is 13.2 Å². The molecule has 0 saturated carbocycles. The van der Waals surface area contributed by atoms with E-state index < -0.39 is 9.84 Å². The van der Waals surface area contributed by atoms with Crippen LogP contribution in [0.3, 0.4) is 0 Å². The highest BCUT2D eigenvalue weighted by Crippen LogP contribution is 2.22. The summed E-state index contributed by atoms with van der Waals surface area (Å²) in [5.41, 5.74) is 3.07. The van der Waals surface area contributed by atoms with Gasteiger partial charge in [-0.15, -0.1) is 0 Å². The van der Waals surface area contributed by atoms with E-state index in [1.807, 2.05) is 32.0 Å². The summed E-state index contributed by atoms with van der Waals surface area (Å²) >= 11 is 0. The number of rotatable bonds is 4. The standard InChI is InChI=1S/C18H22N4O3S/c1-12-4-5-15(13(2)8-12)21-18(23)16-9-17(20-11-19-16)22(3)14-6-7-26(24,25)10-14/h4-5,8-9,11,14H,6-7,10H2,1-3H3,(H,21,23). The van der Waals surface area contributed by atoms with Gasteiger partial charge in [-0.25, -0.2) is 18.4 Å². The molecule has 26 heavy (non-hydrogen) atoms. The van der Waals surface area contributed by atoms with E-state index >= 15 is 0 Å². The minimum atomic E-state index is -2.99. The highest BCUT2D eigenvalue weighted by molar-refractivity contribution is 7.91. The van der Waals surface area contributed by atoms with E-state index in [1.54, 1.807) is 18.0 Å². The van der Waals surface area contributed by atoms with Gasteiger partial charge in [0.15, 0.2) is 9.84 Å². The van der Waals surface area contributed by atoms with Crippen molar-refractivity contribution in [2.75, 3.05) is 28.8 Å². The van der Waals surface area contributed by atoms with Crippen molar-refractivity contribution in [3.05, 3.63) is 47.4 Å². The van der Waals surface area contributed by atoms with Crippen LogP contribution < -0.4 is 10.2 Å². The lowest BCUT2D eigenvalue weighted by atomic mass is 10.1. The number of aromatic nitrogens is 2. The van der Waals surface area contributed by atoms with E-state index in [-0.39, 0.29) is 29.1 Å². The maximum Gasteiger partial charge on any atom is 0.274 e. The Morgan fingerprint density at radius 1 is 1.23 bits per heavy atom. The van der Waals surface area contributed by atoms with Gasteiger partial charge in [0.25, 0.3) is 5.91 Å². The summed E-state index contributed by atoms with van der Waals surface area (Å²) in [4.78, 5) is 22.6. The van der Waals surface area contributed by atoms with Crippen molar-refractivity contribution in [3.63, 3.8) is 0 Å². The number of anilines is 2. The fraction of sp³-hybridized carbons (Fsp3) is 0.389. The van der Waals surface area contributed by atoms with Gasteiger partial charge in [0, 0.05) is 24.8 Å². The molecule has 0 bridgehead atoms. The molecule has 2 aromatic rings. The molecule has 0 spiro atoms. The second-order valence-corrected chi connectivity index (χ2v) is 8.93. The molecule has 3 rings (SSSR count). The van der Waals surface area contributed by atoms with Crippen LogP contribution >= 0.6 is 0 Å². The van der Waals surface area contributed by atoms with Crippen molar-refractivity contribution >= 4 is 27.2 Å². The monoisotopic (exact) mass is 374 g/mol. The summed E-state index contributed by atoms with van der Waals surface area (Å²) in [6.45, 7) is 3.93. The Balaban J connectivity index is 1.77. The number of hydrogen-bond donors (Lipinski definition) is 1. The number of carbonyl (C=O) groups is 1. The number of benzene rings is 1. The van der Waals surface area contributed by atoms with Gasteiger partial charge in [-0.2, -0.15) is 0 Å². The maximum absolute atomic E-state index is 12.5. The quantitative estimate of drug-likeness (QED) is 0.880. The van der Waals surface area contributed by atoms with E-state index in [9.17, 15) is 13.2 Å². The zero-order chi connectivity index (χ0) is 18.9. The van der Waals surface area contributed by atoms with Crippen molar-refractivity contribution in [2.45, 2.75) is 26.3 Å². The minimum absolute atomic E-state index is 0.109. The zero-order valence-electron chi connectivity index (χ0n) is 15.1. The smallest absolute Gasteiger partial charge is 0.274 e. The molecule has 8 heteroatoms. The van der Waals surface area contributed by atoms with Crippen LogP contribution in [0.2, 0.25) is 0 Å². The van der Waals surface area contributed by atoms with Gasteiger partial charge in [-0.1, -0.05) is 17.7 Å². The van der Waals surface area contributed by atoms with Gasteiger partial charge < -0.3 is 10.2 Å². The van der Waals surface area contributed by atoms with Crippen molar-refractivity contribution in [3.8, 4) is 0 Å². The number of amides is 1. The summed E-state index contributed by atoms with van der Waals surface area (Å²) in [5.74, 6) is 0.506. The first-order valence-electron chi connectivity index (χ1n) is 8.39. The normalized spacial score (nSPS) is 18.5. The molecule has 1 aromatic heterocycles. The lowest BCUT2D eigenvalue weighted by Gasteiger charge is -2.24. The third-order valence-electron chi connectivity index (χ3n) is 4.63. The maximum atomic E-state index is 12.5. The van der Waals surface area contributed by atoms with Gasteiger partial charge in [-0.3, -0.25) is 4.79 Å². The molecule has 2 heterocycles. The number of nitrogens with zero attached hydrogens (tertiary/aromatic N) is 3. The van der Waals surface area contributed by atoms with Gasteiger partial charge in [0.2, 0.25) is 0 Å². The third-order valence-corrected chi connectivity index (χ3v) is 6.38. The zero-order valence-corrected chi connectivity index (χ0v) is 15.9. The van der Waals surface area contributed by atoms with E-state index in [1.165, 1.54) is 6.33 Å². The first kappa shape index (κ1) is 18.3. The fourth-order valence-electron chi connectivity index (χ4n) is 3.07. The summed E-state index contributed by atoms with van der Waals surface area (Å²) in [5, 5.41) is 2.86. The molecule has 1 aliphatic rings. The second kappa shape index (κ2) is 7.03. The minimum Gasteiger partial charge on any atom is -0.356 e. The molecule has 1 unspecified atom stereocenters. The summed E-state index contributed by atoms with van der Waals surface area (Å²) in [7, 11) is -1.20. The third kappa shape index (κ3) is 4.01. The summed E-state index contributed by atoms with van der Waals surface area (Å²) in [6.07, 6.45) is 1.89. The molecule has 1 aromatic carbocycles. The Labute approximate surface area is 153 Å². The summed E-state index contributed by atoms with van der Waals surface area (Å²) < 4.78 is 23.4. The largest absolute Gasteiger partial charge is 0.356 e. The summed E-state index contributed by atoms with van der Waals surface area (Å²) in [6, 6.07) is 7.24.